The van der Waals surface area contributed by atoms with Crippen molar-refractivity contribution in [3.63, 3.8) is 0 Å². The van der Waals surface area contributed by atoms with Crippen molar-refractivity contribution < 1.29 is 0 Å². The second kappa shape index (κ2) is 9.06. The number of halogens is 2. The van der Waals surface area contributed by atoms with Crippen molar-refractivity contribution in [2.45, 2.75) is 45.4 Å². The maximum atomic E-state index is 3.57. The molecule has 1 saturated carbocycles. The molecule has 2 aromatic rings. The molecule has 25 heavy (non-hydrogen) atoms. The maximum Gasteiger partial charge on any atom is 0.0323 e. The second-order valence-electron chi connectivity index (χ2n) is 6.98. The predicted molar refractivity (Wildman–Crippen MR) is 115 cm³/mol. The summed E-state index contributed by atoms with van der Waals surface area (Å²) in [4.78, 5) is 0. The summed E-state index contributed by atoms with van der Waals surface area (Å²) in [5.74, 6) is 8.45. The summed E-state index contributed by atoms with van der Waals surface area (Å²) < 4.78 is 2.15. The van der Waals surface area contributed by atoms with Gasteiger partial charge in [-0.15, -0.1) is 0 Å². The fourth-order valence-electron chi connectivity index (χ4n) is 3.61. The Morgan fingerprint density at radius 1 is 0.880 bits per heavy atom. The quantitative estimate of drug-likeness (QED) is 0.410. The van der Waals surface area contributed by atoms with E-state index in [4.69, 9.17) is 0 Å². The summed E-state index contributed by atoms with van der Waals surface area (Å²) in [6.45, 7) is 2.29. The fraction of sp³-hybridized carbons (Fsp3) is 0.391. The number of benzene rings is 2. The van der Waals surface area contributed by atoms with Gasteiger partial charge in [0.2, 0.25) is 0 Å². The molecule has 0 bridgehead atoms. The van der Waals surface area contributed by atoms with Crippen LogP contribution in [0.3, 0.4) is 0 Å². The lowest BCUT2D eigenvalue weighted by molar-refractivity contribution is 0.300. The molecule has 0 amide bonds. The Bertz CT molecular complexity index is 757. The summed E-state index contributed by atoms with van der Waals surface area (Å²) in [7, 11) is 0. The normalized spacial score (nSPS) is 20.0. The van der Waals surface area contributed by atoms with E-state index in [1.807, 2.05) is 0 Å². The largest absolute Gasteiger partial charge is 0.0945 e. The molecule has 0 aromatic heterocycles. The molecule has 3 rings (SSSR count). The lowest BCUT2D eigenvalue weighted by Gasteiger charge is -2.25. The van der Waals surface area contributed by atoms with Crippen molar-refractivity contribution in [3.8, 4) is 23.0 Å². The van der Waals surface area contributed by atoms with Gasteiger partial charge in [0, 0.05) is 20.4 Å². The first kappa shape index (κ1) is 18.7. The highest BCUT2D eigenvalue weighted by Gasteiger charge is 2.18. The van der Waals surface area contributed by atoms with Crippen molar-refractivity contribution in [3.05, 3.63) is 57.0 Å². The van der Waals surface area contributed by atoms with Gasteiger partial charge >= 0.3 is 0 Å². The number of hydrogen-bond acceptors (Lipinski definition) is 0. The summed E-state index contributed by atoms with van der Waals surface area (Å²) in [5.41, 5.74) is 3.55. The molecule has 0 saturated heterocycles. The minimum absolute atomic E-state index is 0.593. The smallest absolute Gasteiger partial charge is 0.0323 e. The molecular weight excluding hydrogens is 436 g/mol. The molecule has 0 aliphatic heterocycles. The Morgan fingerprint density at radius 3 is 2.20 bits per heavy atom. The molecule has 0 heterocycles. The molecule has 0 N–H and O–H groups in total. The topological polar surface area (TPSA) is 0 Å². The molecule has 0 atom stereocenters. The van der Waals surface area contributed by atoms with Crippen molar-refractivity contribution in [1.82, 2.24) is 0 Å². The van der Waals surface area contributed by atoms with Gasteiger partial charge in [-0.05, 0) is 98.9 Å². The van der Waals surface area contributed by atoms with Crippen molar-refractivity contribution in [2.24, 2.45) is 11.8 Å². The van der Waals surface area contributed by atoms with Gasteiger partial charge in [0.1, 0.15) is 0 Å². The van der Waals surface area contributed by atoms with Crippen LogP contribution in [-0.4, -0.2) is 0 Å². The van der Waals surface area contributed by atoms with Crippen LogP contribution in [-0.2, 0) is 0 Å². The number of hydrogen-bond donors (Lipinski definition) is 0. The second-order valence-corrected chi connectivity index (χ2v) is 8.69. The van der Waals surface area contributed by atoms with Crippen LogP contribution in [0.25, 0.3) is 11.1 Å². The Morgan fingerprint density at radius 2 is 1.56 bits per heavy atom. The highest BCUT2D eigenvalue weighted by Crippen LogP contribution is 2.31. The van der Waals surface area contributed by atoms with E-state index >= 15 is 0 Å². The average Bonchev–Trinajstić information content (AvgIpc) is 2.64. The molecular formula is C23H24Br2. The van der Waals surface area contributed by atoms with Crippen LogP contribution >= 0.6 is 31.9 Å². The monoisotopic (exact) mass is 458 g/mol. The third kappa shape index (κ3) is 5.22. The van der Waals surface area contributed by atoms with Crippen LogP contribution in [0.5, 0.6) is 0 Å². The van der Waals surface area contributed by atoms with Gasteiger partial charge in [-0.2, -0.15) is 0 Å². The highest BCUT2D eigenvalue weighted by molar-refractivity contribution is 9.13. The van der Waals surface area contributed by atoms with E-state index in [1.165, 1.54) is 49.7 Å². The molecule has 2 heteroatoms. The number of rotatable bonds is 3. The Hall–Kier alpha value is -1.04. The van der Waals surface area contributed by atoms with Gasteiger partial charge < -0.3 is 0 Å². The van der Waals surface area contributed by atoms with E-state index < -0.39 is 0 Å². The van der Waals surface area contributed by atoms with Crippen molar-refractivity contribution in [2.75, 3.05) is 0 Å². The third-order valence-electron chi connectivity index (χ3n) is 5.10. The predicted octanol–water partition coefficient (Wildman–Crippen LogP) is 7.84. The standard InChI is InChI=1S/C23H24Br2/c1-2-3-17-4-6-18(7-5-17)8-9-19-10-12-20(13-11-19)21-14-15-22(24)23(25)16-21/h10-18H,2-7H2,1H3. The fourth-order valence-corrected chi connectivity index (χ4v) is 4.24. The zero-order valence-electron chi connectivity index (χ0n) is 14.7. The van der Waals surface area contributed by atoms with Gasteiger partial charge in [-0.25, -0.2) is 0 Å². The summed E-state index contributed by atoms with van der Waals surface area (Å²) in [5, 5.41) is 0. The Labute approximate surface area is 168 Å². The first-order valence-corrected chi connectivity index (χ1v) is 10.8. The van der Waals surface area contributed by atoms with Gasteiger partial charge in [0.15, 0.2) is 0 Å². The first-order valence-electron chi connectivity index (χ1n) is 9.22. The highest BCUT2D eigenvalue weighted by atomic mass is 79.9. The van der Waals surface area contributed by atoms with Crippen molar-refractivity contribution in [1.29, 1.82) is 0 Å². The van der Waals surface area contributed by atoms with E-state index in [1.54, 1.807) is 0 Å². The van der Waals surface area contributed by atoms with Gasteiger partial charge in [0.05, 0.1) is 0 Å². The van der Waals surface area contributed by atoms with E-state index in [2.05, 4.69) is 93.1 Å². The van der Waals surface area contributed by atoms with Gasteiger partial charge in [-0.1, -0.05) is 49.8 Å². The average molecular weight is 460 g/mol. The van der Waals surface area contributed by atoms with Gasteiger partial charge in [-0.3, -0.25) is 0 Å². The molecule has 1 aliphatic carbocycles. The van der Waals surface area contributed by atoms with Crippen LogP contribution in [0.15, 0.2) is 51.4 Å². The molecule has 1 aliphatic rings. The minimum atomic E-state index is 0.593. The van der Waals surface area contributed by atoms with E-state index in [9.17, 15) is 0 Å². The zero-order valence-corrected chi connectivity index (χ0v) is 17.9. The Balaban J connectivity index is 1.63. The zero-order chi connectivity index (χ0) is 17.6. The van der Waals surface area contributed by atoms with Crippen LogP contribution in [0.2, 0.25) is 0 Å². The molecule has 0 spiro atoms. The molecule has 1 fully saturated rings. The van der Waals surface area contributed by atoms with Crippen LogP contribution in [0, 0.1) is 23.7 Å². The lowest BCUT2D eigenvalue weighted by Crippen LogP contribution is -2.13. The van der Waals surface area contributed by atoms with Crippen LogP contribution in [0.1, 0.15) is 51.0 Å². The lowest BCUT2D eigenvalue weighted by atomic mass is 9.80. The molecule has 2 aromatic carbocycles. The van der Waals surface area contributed by atoms with Crippen LogP contribution < -0.4 is 0 Å². The molecule has 0 unspecified atom stereocenters. The van der Waals surface area contributed by atoms with E-state index in [0.29, 0.717) is 5.92 Å². The summed E-state index contributed by atoms with van der Waals surface area (Å²) >= 11 is 7.09. The van der Waals surface area contributed by atoms with E-state index in [0.717, 1.165) is 20.4 Å². The third-order valence-corrected chi connectivity index (χ3v) is 6.98. The SMILES string of the molecule is CCCC1CCC(C#Cc2ccc(-c3ccc(Br)c(Br)c3)cc2)CC1. The molecule has 0 radical (unpaired) electrons. The van der Waals surface area contributed by atoms with Gasteiger partial charge in [0.25, 0.3) is 0 Å². The maximum absolute atomic E-state index is 3.57. The molecule has 0 nitrogen and oxygen atoms in total. The Kier molecular flexibility index (Phi) is 6.79. The summed E-state index contributed by atoms with van der Waals surface area (Å²) in [6, 6.07) is 14.9. The first-order chi connectivity index (χ1) is 12.2. The van der Waals surface area contributed by atoms with Crippen molar-refractivity contribution >= 4 is 31.9 Å². The minimum Gasteiger partial charge on any atom is -0.0945 e. The summed E-state index contributed by atoms with van der Waals surface area (Å²) in [6.07, 6.45) is 8.01. The van der Waals surface area contributed by atoms with E-state index in [-0.39, 0.29) is 0 Å². The molecule has 130 valence electrons. The van der Waals surface area contributed by atoms with Crippen LogP contribution in [0.4, 0.5) is 0 Å².